The number of thioether (sulfide) groups is 1. The first-order chi connectivity index (χ1) is 11.7. The van der Waals surface area contributed by atoms with Gasteiger partial charge in [0, 0.05) is 24.5 Å². The minimum Gasteiger partial charge on any atom is -0.323 e. The number of amidine groups is 1. The van der Waals surface area contributed by atoms with Gasteiger partial charge in [-0.2, -0.15) is 0 Å². The number of nitrogens with one attached hydrogen (secondary N) is 1. The monoisotopic (exact) mass is 379 g/mol. The maximum absolute atomic E-state index is 12.8. The SMILES string of the molecule is CCCC1=C(C(=O)Nc2ccc(CCC)cc2)SC2=NCCCN21.Cl. The van der Waals surface area contributed by atoms with Crippen LogP contribution in [0, 0.1) is 0 Å². The molecule has 0 saturated carbocycles. The molecule has 2 aliphatic rings. The Balaban J connectivity index is 0.00000225. The maximum atomic E-state index is 12.8. The number of benzene rings is 1. The zero-order chi connectivity index (χ0) is 16.9. The summed E-state index contributed by atoms with van der Waals surface area (Å²) < 4.78 is 0. The van der Waals surface area contributed by atoms with Crippen molar-refractivity contribution in [1.82, 2.24) is 4.90 Å². The number of aryl methyl sites for hydroxylation is 1. The van der Waals surface area contributed by atoms with Crippen molar-refractivity contribution in [3.8, 4) is 0 Å². The smallest absolute Gasteiger partial charge is 0.264 e. The molecule has 25 heavy (non-hydrogen) atoms. The molecule has 0 unspecified atom stereocenters. The first kappa shape index (κ1) is 19.9. The standard InChI is InChI=1S/C19H25N3OS.ClH/c1-3-6-14-8-10-15(11-9-14)21-18(23)17-16(7-4-2)22-13-5-12-20-19(22)24-17;/h8-11H,3-7,12-13H2,1-2H3,(H,21,23);1H. The zero-order valence-electron chi connectivity index (χ0n) is 14.9. The summed E-state index contributed by atoms with van der Waals surface area (Å²) in [6.07, 6.45) is 5.22. The number of allylic oxidation sites excluding steroid dienone is 1. The van der Waals surface area contributed by atoms with E-state index in [0.29, 0.717) is 0 Å². The van der Waals surface area contributed by atoms with Gasteiger partial charge in [0.2, 0.25) is 0 Å². The van der Waals surface area contributed by atoms with Gasteiger partial charge < -0.3 is 10.2 Å². The topological polar surface area (TPSA) is 44.7 Å². The van der Waals surface area contributed by atoms with Crippen LogP contribution in [-0.2, 0) is 11.2 Å². The van der Waals surface area contributed by atoms with E-state index >= 15 is 0 Å². The minimum atomic E-state index is -0.0104. The van der Waals surface area contributed by atoms with E-state index in [1.165, 1.54) is 17.3 Å². The molecule has 2 aliphatic heterocycles. The molecule has 4 nitrogen and oxygen atoms in total. The van der Waals surface area contributed by atoms with Crippen LogP contribution in [0.1, 0.15) is 45.1 Å². The van der Waals surface area contributed by atoms with Gasteiger partial charge in [-0.3, -0.25) is 9.79 Å². The summed E-state index contributed by atoms with van der Waals surface area (Å²) in [4.78, 5) is 20.4. The lowest BCUT2D eigenvalue weighted by atomic mass is 10.1. The predicted molar refractivity (Wildman–Crippen MR) is 109 cm³/mol. The first-order valence-corrected chi connectivity index (χ1v) is 9.67. The van der Waals surface area contributed by atoms with E-state index in [0.717, 1.165) is 66.7 Å². The summed E-state index contributed by atoms with van der Waals surface area (Å²) in [5, 5.41) is 4.05. The van der Waals surface area contributed by atoms with E-state index in [1.807, 2.05) is 12.1 Å². The van der Waals surface area contributed by atoms with Gasteiger partial charge in [0.25, 0.3) is 5.91 Å². The second-order valence-corrected chi connectivity index (χ2v) is 7.18. The molecular formula is C19H26ClN3OS. The van der Waals surface area contributed by atoms with Gasteiger partial charge in [-0.05, 0) is 48.7 Å². The molecule has 0 radical (unpaired) electrons. The van der Waals surface area contributed by atoms with Crippen LogP contribution in [0.25, 0.3) is 0 Å². The number of halogens is 1. The van der Waals surface area contributed by atoms with Gasteiger partial charge in [-0.25, -0.2) is 0 Å². The minimum absolute atomic E-state index is 0. The highest BCUT2D eigenvalue weighted by molar-refractivity contribution is 8.18. The van der Waals surface area contributed by atoms with E-state index in [4.69, 9.17) is 0 Å². The third-order valence-corrected chi connectivity index (χ3v) is 5.40. The Hall–Kier alpha value is -1.46. The molecule has 136 valence electrons. The van der Waals surface area contributed by atoms with Crippen LogP contribution in [-0.4, -0.2) is 29.1 Å². The molecule has 1 aromatic carbocycles. The number of amides is 1. The number of nitrogens with zero attached hydrogens (tertiary/aromatic N) is 2. The third kappa shape index (κ3) is 4.59. The molecule has 1 aromatic rings. The Morgan fingerprint density at radius 2 is 1.92 bits per heavy atom. The molecule has 2 heterocycles. The average molecular weight is 380 g/mol. The van der Waals surface area contributed by atoms with E-state index in [-0.39, 0.29) is 18.3 Å². The van der Waals surface area contributed by atoms with Crippen LogP contribution in [0.4, 0.5) is 5.69 Å². The lowest BCUT2D eigenvalue weighted by Gasteiger charge is -2.25. The maximum Gasteiger partial charge on any atom is 0.264 e. The van der Waals surface area contributed by atoms with Gasteiger partial charge in [-0.15, -0.1) is 12.4 Å². The van der Waals surface area contributed by atoms with Crippen molar-refractivity contribution in [2.24, 2.45) is 4.99 Å². The molecule has 0 atom stereocenters. The van der Waals surface area contributed by atoms with Crippen molar-refractivity contribution in [2.45, 2.75) is 46.0 Å². The largest absolute Gasteiger partial charge is 0.323 e. The Morgan fingerprint density at radius 3 is 2.60 bits per heavy atom. The lowest BCUT2D eigenvalue weighted by Crippen LogP contribution is -2.29. The van der Waals surface area contributed by atoms with Crippen LogP contribution < -0.4 is 5.32 Å². The van der Waals surface area contributed by atoms with E-state index in [1.54, 1.807) is 0 Å². The summed E-state index contributed by atoms with van der Waals surface area (Å²) in [6.45, 7) is 6.17. The second kappa shape index (κ2) is 9.30. The molecule has 0 aliphatic carbocycles. The summed E-state index contributed by atoms with van der Waals surface area (Å²) in [5.41, 5.74) is 3.31. The van der Waals surface area contributed by atoms with Crippen molar-refractivity contribution in [3.05, 3.63) is 40.4 Å². The fourth-order valence-corrected chi connectivity index (χ4v) is 4.21. The van der Waals surface area contributed by atoms with Crippen molar-refractivity contribution in [2.75, 3.05) is 18.4 Å². The average Bonchev–Trinajstić information content (AvgIpc) is 2.96. The first-order valence-electron chi connectivity index (χ1n) is 8.86. The number of hydrogen-bond acceptors (Lipinski definition) is 4. The van der Waals surface area contributed by atoms with Crippen LogP contribution in [0.5, 0.6) is 0 Å². The molecule has 0 aromatic heterocycles. The summed E-state index contributed by atoms with van der Waals surface area (Å²) >= 11 is 1.52. The van der Waals surface area contributed by atoms with Gasteiger partial charge in [0.15, 0.2) is 5.17 Å². The van der Waals surface area contributed by atoms with Crippen molar-refractivity contribution in [1.29, 1.82) is 0 Å². The number of carbonyl (C=O) groups is 1. The van der Waals surface area contributed by atoms with Crippen molar-refractivity contribution < 1.29 is 4.79 Å². The predicted octanol–water partition coefficient (Wildman–Crippen LogP) is 4.82. The fourth-order valence-electron chi connectivity index (χ4n) is 3.09. The quantitative estimate of drug-likeness (QED) is 0.770. The van der Waals surface area contributed by atoms with E-state index in [2.05, 4.69) is 41.2 Å². The Labute approximate surface area is 160 Å². The third-order valence-electron chi connectivity index (χ3n) is 4.24. The number of rotatable bonds is 6. The molecule has 1 N–H and O–H groups in total. The molecule has 0 spiro atoms. The normalized spacial score (nSPS) is 16.2. The molecule has 0 saturated heterocycles. The summed E-state index contributed by atoms with van der Waals surface area (Å²) in [5.74, 6) is -0.0104. The van der Waals surface area contributed by atoms with Gasteiger partial charge in [0.1, 0.15) is 0 Å². The molecule has 6 heteroatoms. The zero-order valence-corrected chi connectivity index (χ0v) is 16.5. The number of anilines is 1. The van der Waals surface area contributed by atoms with Gasteiger partial charge in [-0.1, -0.05) is 38.8 Å². The number of fused-ring (bicyclic) bond motifs is 1. The highest BCUT2D eigenvalue weighted by atomic mass is 35.5. The van der Waals surface area contributed by atoms with Gasteiger partial charge >= 0.3 is 0 Å². The van der Waals surface area contributed by atoms with Crippen LogP contribution >= 0.6 is 24.2 Å². The number of hydrogen-bond donors (Lipinski definition) is 1. The van der Waals surface area contributed by atoms with Crippen molar-refractivity contribution >= 4 is 40.9 Å². The Bertz CT molecular complexity index is 670. The molecule has 1 amide bonds. The molecule has 3 rings (SSSR count). The van der Waals surface area contributed by atoms with Crippen molar-refractivity contribution in [3.63, 3.8) is 0 Å². The summed E-state index contributed by atoms with van der Waals surface area (Å²) in [6, 6.07) is 8.17. The van der Waals surface area contributed by atoms with Crippen LogP contribution in [0.2, 0.25) is 0 Å². The highest BCUT2D eigenvalue weighted by Crippen LogP contribution is 2.38. The van der Waals surface area contributed by atoms with E-state index in [9.17, 15) is 4.79 Å². The molecular weight excluding hydrogens is 354 g/mol. The highest BCUT2D eigenvalue weighted by Gasteiger charge is 2.33. The van der Waals surface area contributed by atoms with Crippen LogP contribution in [0.15, 0.2) is 39.9 Å². The Kier molecular flexibility index (Phi) is 7.38. The molecule has 0 bridgehead atoms. The van der Waals surface area contributed by atoms with Crippen LogP contribution in [0.3, 0.4) is 0 Å². The second-order valence-electron chi connectivity index (χ2n) is 6.20. The lowest BCUT2D eigenvalue weighted by molar-refractivity contribution is -0.112. The molecule has 0 fully saturated rings. The van der Waals surface area contributed by atoms with Gasteiger partial charge in [0.05, 0.1) is 4.91 Å². The Morgan fingerprint density at radius 1 is 1.20 bits per heavy atom. The fraction of sp³-hybridized carbons (Fsp3) is 0.474. The summed E-state index contributed by atoms with van der Waals surface area (Å²) in [7, 11) is 0. The number of carbonyl (C=O) groups excluding carboxylic acids is 1. The van der Waals surface area contributed by atoms with E-state index < -0.39 is 0 Å². The number of aliphatic imine (C=N–C) groups is 1.